The quantitative estimate of drug-likeness (QED) is 0.172. The van der Waals surface area contributed by atoms with E-state index >= 15 is 4.39 Å². The Morgan fingerprint density at radius 2 is 2.04 bits per heavy atom. The Morgan fingerprint density at radius 1 is 1.24 bits per heavy atom. The Kier molecular flexibility index (Phi) is 8.06. The first-order valence-electron chi connectivity index (χ1n) is 13.0. The number of aromatic nitrogens is 4. The molecule has 0 spiro atoms. The zero-order valence-electron chi connectivity index (χ0n) is 22.3. The lowest BCUT2D eigenvalue weighted by molar-refractivity contribution is -0.119. The number of halogens is 1. The molecule has 6 N–H and O–H groups in total. The highest BCUT2D eigenvalue weighted by atomic mass is 32.7. The first kappa shape index (κ1) is 31.5. The number of alkyl halides is 1. The maximum atomic E-state index is 16.0. The summed E-state index contributed by atoms with van der Waals surface area (Å²) < 4.78 is 59.1. The lowest BCUT2D eigenvalue weighted by atomic mass is 10.1. The van der Waals surface area contributed by atoms with Crippen molar-refractivity contribution >= 4 is 90.4 Å². The third kappa shape index (κ3) is 5.72. The SMILES string of the molecule is N=C1N=C2C(N=CN2[C@@H]2S[C@@H]3COP(O)(=S)O[C@H]4[C@H](F)[C@H](n5cnc6c(N)ncnc65)O[C@@H]4COP(=O)(S)O[C@@H]2[C@@H]3O)C(=O)N1. The number of guanidine groups is 1. The number of rotatable bonds is 2. The van der Waals surface area contributed by atoms with Gasteiger partial charge in [0.2, 0.25) is 5.96 Å². The van der Waals surface area contributed by atoms with Crippen LogP contribution >= 0.6 is 37.5 Å². The molecule has 2 bridgehead atoms. The number of hydrogen-bond acceptors (Lipinski definition) is 17. The summed E-state index contributed by atoms with van der Waals surface area (Å²) >= 11 is 10.3. The third-order valence-electron chi connectivity index (χ3n) is 7.39. The lowest BCUT2D eigenvalue weighted by Gasteiger charge is -2.32. The van der Waals surface area contributed by atoms with Crippen molar-refractivity contribution < 1.29 is 46.6 Å². The fourth-order valence-electron chi connectivity index (χ4n) is 5.36. The summed E-state index contributed by atoms with van der Waals surface area (Å²) in [6, 6.07) is -1.05. The van der Waals surface area contributed by atoms with Crippen molar-refractivity contribution in [1.82, 2.24) is 29.7 Å². The normalized spacial score (nSPS) is 42.0. The molecule has 45 heavy (non-hydrogen) atoms. The molecule has 0 saturated carbocycles. The molecule has 0 aromatic carbocycles. The lowest BCUT2D eigenvalue weighted by Crippen LogP contribution is -2.52. The molecule has 19 nitrogen and oxygen atoms in total. The molecule has 3 unspecified atom stereocenters. The molecule has 7 rings (SSSR count). The number of ether oxygens (including phenoxy) is 1. The summed E-state index contributed by atoms with van der Waals surface area (Å²) in [6.45, 7) is -9.59. The maximum absolute atomic E-state index is 16.0. The number of thiol groups is 1. The van der Waals surface area contributed by atoms with Crippen LogP contribution in [0.3, 0.4) is 0 Å². The minimum Gasteiger partial charge on any atom is -0.389 e. The molecule has 2 aromatic rings. The molecule has 2 aromatic heterocycles. The van der Waals surface area contributed by atoms with Crippen molar-refractivity contribution in [2.24, 2.45) is 9.98 Å². The largest absolute Gasteiger partial charge is 0.389 e. The first-order valence-corrected chi connectivity index (χ1v) is 19.2. The van der Waals surface area contributed by atoms with Crippen molar-refractivity contribution in [3.8, 4) is 0 Å². The van der Waals surface area contributed by atoms with Gasteiger partial charge in [0.1, 0.15) is 41.4 Å². The van der Waals surface area contributed by atoms with E-state index in [1.165, 1.54) is 28.5 Å². The Hall–Kier alpha value is -2.14. The summed E-state index contributed by atoms with van der Waals surface area (Å²) in [6.07, 6.45) is -5.35. The molecule has 0 aliphatic carbocycles. The van der Waals surface area contributed by atoms with E-state index in [1.807, 2.05) is 0 Å². The van der Waals surface area contributed by atoms with Crippen LogP contribution in [0.15, 0.2) is 22.6 Å². The Labute approximate surface area is 266 Å². The standard InChI is InChI=1S/C20H23FN10O9P2S3/c21-8-12-6(38-18(8)30-4-26-9-14(22)24-3-25-15(9)30)1-36-41(34,43)40-13-11(32)7(2-37-42(35,44)39-12)45-19(13)31-5-27-10-16(31)28-20(23)29-17(10)33/h3-8,10-13,18-19,32H,1-2H2,(H,34,43)(H,35,44)(H2,22,24,25)(H2,23,29,33)/t6-,7-,8+,10?,11-,12-,13-,18-,19-,41?,42?/m1/s1. The second-order valence-electron chi connectivity index (χ2n) is 10.2. The number of amides is 1. The zero-order chi connectivity index (χ0) is 31.8. The van der Waals surface area contributed by atoms with E-state index in [0.29, 0.717) is 0 Å². The van der Waals surface area contributed by atoms with E-state index in [0.717, 1.165) is 11.8 Å². The number of aliphatic hydroxyl groups excluding tert-OH is 1. The van der Waals surface area contributed by atoms with E-state index in [1.54, 1.807) is 0 Å². The van der Waals surface area contributed by atoms with E-state index in [4.69, 9.17) is 45.8 Å². The van der Waals surface area contributed by atoms with Gasteiger partial charge in [-0.1, -0.05) is 12.2 Å². The van der Waals surface area contributed by atoms with Crippen LogP contribution in [0.4, 0.5) is 10.2 Å². The molecule has 1 amide bonds. The molecule has 5 aliphatic heterocycles. The van der Waals surface area contributed by atoms with Crippen LogP contribution in [0.1, 0.15) is 6.23 Å². The summed E-state index contributed by atoms with van der Waals surface area (Å²) in [5.74, 6) is -0.858. The zero-order valence-corrected chi connectivity index (χ0v) is 26.7. The molecule has 3 fully saturated rings. The average molecular weight is 725 g/mol. The number of nitrogens with one attached hydrogen (secondary N) is 2. The number of imidazole rings is 1. The van der Waals surface area contributed by atoms with Crippen LogP contribution in [0, 0.1) is 5.41 Å². The average Bonchev–Trinajstić information content (AvgIpc) is 3.72. The molecule has 3 saturated heterocycles. The Morgan fingerprint density at radius 3 is 2.84 bits per heavy atom. The smallest absolute Gasteiger partial charge is 0.386 e. The van der Waals surface area contributed by atoms with Crippen molar-refractivity contribution in [2.45, 2.75) is 53.5 Å². The summed E-state index contributed by atoms with van der Waals surface area (Å²) in [5.41, 5.74) is 6.21. The molecule has 11 atom stereocenters. The molecular weight excluding hydrogens is 701 g/mol. The highest BCUT2D eigenvalue weighted by Crippen LogP contribution is 2.59. The molecule has 242 valence electrons. The second-order valence-corrected chi connectivity index (χ2v) is 17.2. The highest BCUT2D eigenvalue weighted by molar-refractivity contribution is 8.44. The van der Waals surface area contributed by atoms with Crippen LogP contribution in [-0.4, -0.2) is 119 Å². The number of carbonyl (C=O) groups excluding carboxylic acids is 1. The van der Waals surface area contributed by atoms with Gasteiger partial charge in [-0.25, -0.2) is 23.9 Å². The van der Waals surface area contributed by atoms with Gasteiger partial charge < -0.3 is 29.9 Å². The fraction of sp³-hybridized carbons (Fsp3) is 0.550. The van der Waals surface area contributed by atoms with Crippen LogP contribution in [0.5, 0.6) is 0 Å². The third-order valence-corrected chi connectivity index (χ3v) is 12.1. The molecule has 0 radical (unpaired) electrons. The minimum absolute atomic E-state index is 0.0579. The summed E-state index contributed by atoms with van der Waals surface area (Å²) in [7, 11) is 0. The van der Waals surface area contributed by atoms with Crippen molar-refractivity contribution in [1.29, 1.82) is 5.41 Å². The number of thioether (sulfide) groups is 1. The van der Waals surface area contributed by atoms with Gasteiger partial charge >= 0.3 is 13.5 Å². The van der Waals surface area contributed by atoms with Crippen LogP contribution in [-0.2, 0) is 44.0 Å². The predicted molar refractivity (Wildman–Crippen MR) is 162 cm³/mol. The van der Waals surface area contributed by atoms with Crippen molar-refractivity contribution in [3.63, 3.8) is 0 Å². The van der Waals surface area contributed by atoms with Crippen LogP contribution < -0.4 is 11.1 Å². The number of anilines is 1. The number of nitrogen functional groups attached to an aromatic ring is 1. The number of nitrogens with two attached hydrogens (primary N) is 1. The van der Waals surface area contributed by atoms with Crippen LogP contribution in [0.25, 0.3) is 11.2 Å². The fourth-order valence-corrected chi connectivity index (χ4v) is 9.95. The van der Waals surface area contributed by atoms with E-state index in [9.17, 15) is 19.4 Å². The van der Waals surface area contributed by atoms with E-state index in [-0.39, 0.29) is 22.8 Å². The van der Waals surface area contributed by atoms with Gasteiger partial charge in [-0.3, -0.25) is 38.7 Å². The van der Waals surface area contributed by atoms with E-state index in [2.05, 4.69) is 42.5 Å². The van der Waals surface area contributed by atoms with Gasteiger partial charge in [0.05, 0.1) is 37.2 Å². The molecular formula is C20H23FN10O9P2S3. The monoisotopic (exact) mass is 724 g/mol. The number of aliphatic hydroxyl groups is 1. The van der Waals surface area contributed by atoms with Gasteiger partial charge in [0.15, 0.2) is 29.9 Å². The number of fused-ring (bicyclic) bond motifs is 5. The second kappa shape index (κ2) is 11.5. The molecule has 7 heterocycles. The Balaban J connectivity index is 1.17. The maximum Gasteiger partial charge on any atom is 0.386 e. The number of carbonyl (C=O) groups is 1. The van der Waals surface area contributed by atoms with Crippen LogP contribution in [0.2, 0.25) is 0 Å². The predicted octanol–water partition coefficient (Wildman–Crippen LogP) is -0.306. The van der Waals surface area contributed by atoms with Gasteiger partial charge in [-0.15, -0.1) is 11.8 Å². The van der Waals surface area contributed by atoms with E-state index < -0.39 is 92.1 Å². The molecule has 25 heteroatoms. The van der Waals surface area contributed by atoms with Gasteiger partial charge in [-0.2, -0.15) is 4.99 Å². The van der Waals surface area contributed by atoms with Gasteiger partial charge in [0, 0.05) is 0 Å². The highest BCUT2D eigenvalue weighted by Gasteiger charge is 2.55. The summed E-state index contributed by atoms with van der Waals surface area (Å²) in [5, 5.41) is 19.5. The number of hydrogen-bond donors (Lipinski definition) is 6. The first-order chi connectivity index (χ1) is 21.3. The topological polar surface area (TPSA) is 254 Å². The molecule has 5 aliphatic rings. The number of aliphatic imine (C=N–C) groups is 2. The van der Waals surface area contributed by atoms with Crippen molar-refractivity contribution in [2.75, 3.05) is 18.9 Å². The minimum atomic E-state index is -4.35. The number of amidine groups is 1. The summed E-state index contributed by atoms with van der Waals surface area (Å²) in [4.78, 5) is 45.0. The number of nitrogens with zero attached hydrogens (tertiary/aromatic N) is 7. The van der Waals surface area contributed by atoms with Gasteiger partial charge in [0.25, 0.3) is 5.91 Å². The van der Waals surface area contributed by atoms with Gasteiger partial charge in [-0.05, 0) is 11.8 Å². The Bertz CT molecular complexity index is 1740. The van der Waals surface area contributed by atoms with Crippen molar-refractivity contribution in [3.05, 3.63) is 12.7 Å².